The number of likely N-dealkylation sites (N-methyl/N-ethyl adjacent to an activating group) is 1. The SMILES string of the molecule is CCN(C(=O)Cn1cc(S(=O)(=O)c2ccc(C)cc2)c2ccccc21)c1ccccc1C. The number of carbonyl (C=O) groups excluding carboxylic acids is 1. The van der Waals surface area contributed by atoms with Crippen molar-refractivity contribution in [3.8, 4) is 0 Å². The molecule has 0 fully saturated rings. The molecule has 0 bridgehead atoms. The molecular weight excluding hydrogens is 420 g/mol. The van der Waals surface area contributed by atoms with Crippen LogP contribution in [0.1, 0.15) is 18.1 Å². The molecule has 0 radical (unpaired) electrons. The summed E-state index contributed by atoms with van der Waals surface area (Å²) in [7, 11) is -3.73. The van der Waals surface area contributed by atoms with E-state index >= 15 is 0 Å². The van der Waals surface area contributed by atoms with Crippen LogP contribution in [0.2, 0.25) is 0 Å². The molecule has 1 heterocycles. The summed E-state index contributed by atoms with van der Waals surface area (Å²) in [4.78, 5) is 15.5. The summed E-state index contributed by atoms with van der Waals surface area (Å²) in [5.41, 5.74) is 3.59. The van der Waals surface area contributed by atoms with Gasteiger partial charge in [-0.05, 0) is 50.6 Å². The summed E-state index contributed by atoms with van der Waals surface area (Å²) < 4.78 is 28.5. The van der Waals surface area contributed by atoms with Gasteiger partial charge in [0.2, 0.25) is 15.7 Å². The summed E-state index contributed by atoms with van der Waals surface area (Å²) in [6, 6.07) is 21.9. The molecule has 1 aromatic heterocycles. The second kappa shape index (κ2) is 8.63. The number of hydrogen-bond donors (Lipinski definition) is 0. The van der Waals surface area contributed by atoms with Gasteiger partial charge in [-0.2, -0.15) is 0 Å². The fourth-order valence-electron chi connectivity index (χ4n) is 3.98. The Morgan fingerprint density at radius 2 is 1.56 bits per heavy atom. The number of sulfone groups is 1. The number of para-hydroxylation sites is 2. The Morgan fingerprint density at radius 1 is 0.906 bits per heavy atom. The van der Waals surface area contributed by atoms with Gasteiger partial charge >= 0.3 is 0 Å². The molecule has 5 nitrogen and oxygen atoms in total. The first-order valence-electron chi connectivity index (χ1n) is 10.6. The molecule has 3 aromatic carbocycles. The zero-order chi connectivity index (χ0) is 22.9. The average molecular weight is 447 g/mol. The van der Waals surface area contributed by atoms with E-state index in [4.69, 9.17) is 0 Å². The Balaban J connectivity index is 1.76. The molecule has 0 atom stereocenters. The van der Waals surface area contributed by atoms with Gasteiger partial charge in [-0.15, -0.1) is 0 Å². The minimum absolute atomic E-state index is 0.0477. The van der Waals surface area contributed by atoms with E-state index in [1.165, 1.54) is 0 Å². The number of rotatable bonds is 6. The molecule has 0 aliphatic rings. The smallest absolute Gasteiger partial charge is 0.246 e. The van der Waals surface area contributed by atoms with Crippen LogP contribution in [-0.2, 0) is 21.2 Å². The summed E-state index contributed by atoms with van der Waals surface area (Å²) in [6.45, 7) is 6.40. The molecule has 1 amide bonds. The predicted octanol–water partition coefficient (Wildman–Crippen LogP) is 5.14. The predicted molar refractivity (Wildman–Crippen MR) is 128 cm³/mol. The maximum absolute atomic E-state index is 13.4. The lowest BCUT2D eigenvalue weighted by molar-refractivity contribution is -0.119. The first-order chi connectivity index (χ1) is 15.3. The first-order valence-corrected chi connectivity index (χ1v) is 12.1. The topological polar surface area (TPSA) is 59.4 Å². The number of anilines is 1. The van der Waals surface area contributed by atoms with Gasteiger partial charge in [0.25, 0.3) is 0 Å². The van der Waals surface area contributed by atoms with E-state index in [9.17, 15) is 13.2 Å². The number of hydrogen-bond acceptors (Lipinski definition) is 3. The lowest BCUT2D eigenvalue weighted by Gasteiger charge is -2.23. The number of benzene rings is 3. The van der Waals surface area contributed by atoms with Crippen molar-refractivity contribution in [2.24, 2.45) is 0 Å². The van der Waals surface area contributed by atoms with E-state index in [1.807, 2.05) is 63.2 Å². The number of fused-ring (bicyclic) bond motifs is 1. The van der Waals surface area contributed by atoms with Gasteiger partial charge in [0.1, 0.15) is 6.54 Å². The van der Waals surface area contributed by atoms with Crippen molar-refractivity contribution in [1.82, 2.24) is 4.57 Å². The molecule has 32 heavy (non-hydrogen) atoms. The summed E-state index contributed by atoms with van der Waals surface area (Å²) in [5, 5.41) is 0.611. The molecule has 0 saturated heterocycles. The number of nitrogens with zero attached hydrogens (tertiary/aromatic N) is 2. The maximum atomic E-state index is 13.4. The molecule has 0 aliphatic carbocycles. The highest BCUT2D eigenvalue weighted by atomic mass is 32.2. The Kier molecular flexibility index (Phi) is 5.89. The van der Waals surface area contributed by atoms with E-state index in [1.54, 1.807) is 46.0 Å². The zero-order valence-electron chi connectivity index (χ0n) is 18.4. The molecular formula is C26H26N2O3S. The van der Waals surface area contributed by atoms with Gasteiger partial charge in [-0.3, -0.25) is 4.79 Å². The quantitative estimate of drug-likeness (QED) is 0.412. The average Bonchev–Trinajstić information content (AvgIpc) is 3.15. The van der Waals surface area contributed by atoms with Crippen molar-refractivity contribution >= 4 is 32.3 Å². The van der Waals surface area contributed by atoms with Crippen LogP contribution in [0.25, 0.3) is 10.9 Å². The fraction of sp³-hybridized carbons (Fsp3) is 0.192. The second-order valence-electron chi connectivity index (χ2n) is 7.88. The van der Waals surface area contributed by atoms with Gasteiger partial charge < -0.3 is 9.47 Å². The van der Waals surface area contributed by atoms with Crippen LogP contribution in [-0.4, -0.2) is 25.4 Å². The van der Waals surface area contributed by atoms with Crippen LogP contribution < -0.4 is 4.90 Å². The fourth-order valence-corrected chi connectivity index (χ4v) is 5.46. The van der Waals surface area contributed by atoms with E-state index in [2.05, 4.69) is 0 Å². The Hall–Kier alpha value is -3.38. The van der Waals surface area contributed by atoms with Crippen molar-refractivity contribution in [2.45, 2.75) is 37.1 Å². The molecule has 4 rings (SSSR count). The highest BCUT2D eigenvalue weighted by Crippen LogP contribution is 2.31. The van der Waals surface area contributed by atoms with E-state index in [0.717, 1.165) is 16.8 Å². The van der Waals surface area contributed by atoms with Crippen molar-refractivity contribution < 1.29 is 13.2 Å². The van der Waals surface area contributed by atoms with Crippen LogP contribution in [0.15, 0.2) is 88.8 Å². The Morgan fingerprint density at radius 3 is 2.25 bits per heavy atom. The van der Waals surface area contributed by atoms with Gasteiger partial charge in [0.15, 0.2) is 0 Å². The van der Waals surface area contributed by atoms with Crippen LogP contribution in [0.3, 0.4) is 0 Å². The van der Waals surface area contributed by atoms with Gasteiger partial charge in [-0.1, -0.05) is 54.1 Å². The summed E-state index contributed by atoms with van der Waals surface area (Å²) >= 11 is 0. The monoisotopic (exact) mass is 446 g/mol. The van der Waals surface area contributed by atoms with E-state index in [-0.39, 0.29) is 22.2 Å². The van der Waals surface area contributed by atoms with Crippen molar-refractivity contribution in [1.29, 1.82) is 0 Å². The molecule has 0 aliphatic heterocycles. The lowest BCUT2D eigenvalue weighted by Crippen LogP contribution is -2.34. The molecule has 4 aromatic rings. The highest BCUT2D eigenvalue weighted by molar-refractivity contribution is 7.91. The van der Waals surface area contributed by atoms with Crippen molar-refractivity contribution in [3.05, 3.63) is 90.1 Å². The second-order valence-corrected chi connectivity index (χ2v) is 9.80. The normalized spacial score (nSPS) is 11.6. The maximum Gasteiger partial charge on any atom is 0.246 e. The van der Waals surface area contributed by atoms with Gasteiger partial charge in [0.05, 0.1) is 9.79 Å². The van der Waals surface area contributed by atoms with Crippen LogP contribution in [0, 0.1) is 13.8 Å². The van der Waals surface area contributed by atoms with E-state index in [0.29, 0.717) is 17.4 Å². The third-order valence-corrected chi connectivity index (χ3v) is 7.50. The minimum Gasteiger partial charge on any atom is -0.337 e. The third kappa shape index (κ3) is 3.94. The van der Waals surface area contributed by atoms with Crippen molar-refractivity contribution in [2.75, 3.05) is 11.4 Å². The highest BCUT2D eigenvalue weighted by Gasteiger charge is 2.25. The first kappa shape index (κ1) is 21.8. The standard InChI is InChI=1S/C26H26N2O3S/c1-4-28(23-11-7-5-9-20(23)3)26(29)18-27-17-25(22-10-6-8-12-24(22)27)32(30,31)21-15-13-19(2)14-16-21/h5-17H,4,18H2,1-3H3. The van der Waals surface area contributed by atoms with Gasteiger partial charge in [0, 0.05) is 29.3 Å². The largest absolute Gasteiger partial charge is 0.337 e. The van der Waals surface area contributed by atoms with E-state index < -0.39 is 9.84 Å². The van der Waals surface area contributed by atoms with Gasteiger partial charge in [-0.25, -0.2) is 8.42 Å². The zero-order valence-corrected chi connectivity index (χ0v) is 19.3. The molecule has 0 unspecified atom stereocenters. The third-order valence-electron chi connectivity index (χ3n) is 5.70. The van der Waals surface area contributed by atoms with Crippen LogP contribution >= 0.6 is 0 Å². The van der Waals surface area contributed by atoms with Crippen LogP contribution in [0.4, 0.5) is 5.69 Å². The summed E-state index contributed by atoms with van der Waals surface area (Å²) in [6.07, 6.45) is 1.59. The molecule has 164 valence electrons. The molecule has 0 saturated carbocycles. The Bertz CT molecular complexity index is 1390. The molecule has 0 N–H and O–H groups in total. The number of amides is 1. The molecule has 0 spiro atoms. The Labute approximate surface area is 188 Å². The minimum atomic E-state index is -3.73. The molecule has 6 heteroatoms. The van der Waals surface area contributed by atoms with Crippen LogP contribution in [0.5, 0.6) is 0 Å². The lowest BCUT2D eigenvalue weighted by atomic mass is 10.2. The summed E-state index contributed by atoms with van der Waals surface area (Å²) in [5.74, 6) is -0.0955. The number of carbonyl (C=O) groups is 1. The number of aromatic nitrogens is 1. The van der Waals surface area contributed by atoms with Crippen molar-refractivity contribution in [3.63, 3.8) is 0 Å². The number of aryl methyl sites for hydroxylation is 2.